The van der Waals surface area contributed by atoms with E-state index < -0.39 is 0 Å². The first kappa shape index (κ1) is 28.3. The summed E-state index contributed by atoms with van der Waals surface area (Å²) in [5.41, 5.74) is 6.83. The number of aryl methyl sites for hydroxylation is 1. The molecule has 3 aromatic carbocycles. The maximum atomic E-state index is 14.6. The fraction of sp³-hybridized carbons (Fsp3) is 0.257. The Balaban J connectivity index is 1.40. The van der Waals surface area contributed by atoms with E-state index in [1.54, 1.807) is 23.7 Å². The molecule has 2 amide bonds. The van der Waals surface area contributed by atoms with Crippen LogP contribution in [0.4, 0.5) is 0 Å². The molecule has 1 aliphatic heterocycles. The van der Waals surface area contributed by atoms with Crippen molar-refractivity contribution < 1.29 is 9.59 Å². The van der Waals surface area contributed by atoms with Crippen LogP contribution >= 0.6 is 15.9 Å². The van der Waals surface area contributed by atoms with E-state index in [2.05, 4.69) is 33.4 Å². The van der Waals surface area contributed by atoms with E-state index in [4.69, 9.17) is 5.10 Å². The lowest BCUT2D eigenvalue weighted by Crippen LogP contribution is -2.48. The van der Waals surface area contributed by atoms with E-state index in [1.165, 1.54) is 0 Å². The summed E-state index contributed by atoms with van der Waals surface area (Å²) in [6.07, 6.45) is 4.98. The van der Waals surface area contributed by atoms with Crippen LogP contribution in [-0.2, 0) is 19.4 Å². The minimum atomic E-state index is -0.188. The van der Waals surface area contributed by atoms with Gasteiger partial charge in [0.25, 0.3) is 17.4 Å². The van der Waals surface area contributed by atoms with Crippen LogP contribution in [0.1, 0.15) is 61.5 Å². The minimum Gasteiger partial charge on any atom is -0.355 e. The molecule has 1 N–H and O–H groups in total. The number of aromatic nitrogens is 3. The van der Waals surface area contributed by atoms with Crippen molar-refractivity contribution in [2.75, 3.05) is 7.05 Å². The first-order chi connectivity index (χ1) is 21.3. The van der Waals surface area contributed by atoms with Gasteiger partial charge in [0.05, 0.1) is 24.1 Å². The van der Waals surface area contributed by atoms with Crippen molar-refractivity contribution in [2.45, 2.75) is 45.2 Å². The van der Waals surface area contributed by atoms with Gasteiger partial charge in [-0.15, -0.1) is 0 Å². The molecule has 7 rings (SSSR count). The molecule has 2 aliphatic rings. The van der Waals surface area contributed by atoms with Crippen LogP contribution in [0.15, 0.2) is 88.3 Å². The Labute approximate surface area is 263 Å². The Kier molecular flexibility index (Phi) is 7.20. The van der Waals surface area contributed by atoms with E-state index >= 15 is 0 Å². The van der Waals surface area contributed by atoms with Gasteiger partial charge in [0.15, 0.2) is 0 Å². The van der Waals surface area contributed by atoms with E-state index in [9.17, 15) is 14.4 Å². The number of halogens is 1. The Morgan fingerprint density at radius 3 is 2.41 bits per heavy atom. The van der Waals surface area contributed by atoms with Gasteiger partial charge in [-0.05, 0) is 79.3 Å². The van der Waals surface area contributed by atoms with Crippen molar-refractivity contribution in [2.24, 2.45) is 5.92 Å². The normalized spacial score (nSPS) is 16.2. The van der Waals surface area contributed by atoms with E-state index in [-0.39, 0.29) is 23.4 Å². The second-order valence-electron chi connectivity index (χ2n) is 11.8. The third-order valence-corrected chi connectivity index (χ3v) is 9.80. The van der Waals surface area contributed by atoms with Crippen LogP contribution in [-0.4, -0.2) is 44.0 Å². The molecule has 9 heteroatoms. The first-order valence-electron chi connectivity index (χ1n) is 14.9. The third-order valence-electron chi connectivity index (χ3n) is 8.91. The fourth-order valence-corrected chi connectivity index (χ4v) is 6.66. The van der Waals surface area contributed by atoms with Crippen LogP contribution in [0.3, 0.4) is 0 Å². The van der Waals surface area contributed by atoms with Gasteiger partial charge < -0.3 is 10.2 Å². The van der Waals surface area contributed by atoms with Crippen molar-refractivity contribution in [3.63, 3.8) is 0 Å². The van der Waals surface area contributed by atoms with Gasteiger partial charge in [0.2, 0.25) is 0 Å². The molecule has 1 atom stereocenters. The molecule has 2 aromatic heterocycles. The smallest absolute Gasteiger partial charge is 0.261 e. The average Bonchev–Trinajstić information content (AvgIpc) is 3.82. The molecule has 0 bridgehead atoms. The van der Waals surface area contributed by atoms with Crippen LogP contribution < -0.4 is 10.9 Å². The molecule has 1 unspecified atom stereocenters. The lowest BCUT2D eigenvalue weighted by molar-refractivity contribution is 0.0604. The standard InChI is InChI=1S/C35H32BrN5O3/c1-21-16-25(12-15-29(21)36)34(43)39-20-31-28(18-30(39)23-8-9-23)35(44)40(27-13-10-24(11-14-27)32(42)37-2)33-26(19-38-41(31)33)17-22-6-4-3-5-7-22/h3-7,10-16,19,23,30H,8-9,17-18,20H2,1-2H3,(H,37,42). The number of nitrogens with zero attached hydrogens (tertiary/aromatic N) is 4. The molecule has 1 saturated carbocycles. The predicted molar refractivity (Wildman–Crippen MR) is 172 cm³/mol. The monoisotopic (exact) mass is 649 g/mol. The predicted octanol–water partition coefficient (Wildman–Crippen LogP) is 5.48. The number of carbonyl (C=O) groups excluding carboxylic acids is 2. The van der Waals surface area contributed by atoms with Crippen molar-refractivity contribution in [1.82, 2.24) is 24.4 Å². The van der Waals surface area contributed by atoms with Gasteiger partial charge in [-0.1, -0.05) is 46.3 Å². The molecular weight excluding hydrogens is 618 g/mol. The second kappa shape index (κ2) is 11.2. The molecule has 8 nitrogen and oxygen atoms in total. The van der Waals surface area contributed by atoms with E-state index in [1.807, 2.05) is 71.1 Å². The van der Waals surface area contributed by atoms with Gasteiger partial charge in [-0.2, -0.15) is 5.10 Å². The summed E-state index contributed by atoms with van der Waals surface area (Å²) >= 11 is 3.55. The van der Waals surface area contributed by atoms with Crippen LogP contribution in [0.25, 0.3) is 11.3 Å². The lowest BCUT2D eigenvalue weighted by Gasteiger charge is -2.37. The number of hydrogen-bond donors (Lipinski definition) is 1. The lowest BCUT2D eigenvalue weighted by atomic mass is 9.93. The Bertz CT molecular complexity index is 1980. The van der Waals surface area contributed by atoms with Gasteiger partial charge in [-0.25, -0.2) is 4.52 Å². The Morgan fingerprint density at radius 2 is 1.73 bits per heavy atom. The highest BCUT2D eigenvalue weighted by Crippen LogP contribution is 2.40. The second-order valence-corrected chi connectivity index (χ2v) is 12.6. The SMILES string of the molecule is CNC(=O)c1ccc(-n2c(=O)c3c(n4ncc(Cc5ccccc5)c24)CN(C(=O)c2ccc(Br)c(C)c2)C(C2CC2)C3)cc1. The number of nitrogens with one attached hydrogen (secondary N) is 1. The van der Waals surface area contributed by atoms with Crippen molar-refractivity contribution in [3.05, 3.63) is 133 Å². The molecule has 222 valence electrons. The molecule has 0 saturated heterocycles. The minimum absolute atomic E-state index is 0.0260. The average molecular weight is 651 g/mol. The van der Waals surface area contributed by atoms with Crippen molar-refractivity contribution >= 4 is 33.4 Å². The molecule has 1 fully saturated rings. The van der Waals surface area contributed by atoms with Crippen LogP contribution in [0.2, 0.25) is 0 Å². The maximum absolute atomic E-state index is 14.6. The van der Waals surface area contributed by atoms with Crippen molar-refractivity contribution in [1.29, 1.82) is 0 Å². The Hall–Kier alpha value is -4.50. The van der Waals surface area contributed by atoms with Crippen LogP contribution in [0, 0.1) is 12.8 Å². The van der Waals surface area contributed by atoms with Gasteiger partial charge in [0, 0.05) is 52.7 Å². The quantitative estimate of drug-likeness (QED) is 0.264. The zero-order valence-corrected chi connectivity index (χ0v) is 26.2. The van der Waals surface area contributed by atoms with E-state index in [0.29, 0.717) is 53.3 Å². The van der Waals surface area contributed by atoms with Crippen molar-refractivity contribution in [3.8, 4) is 5.69 Å². The summed E-state index contributed by atoms with van der Waals surface area (Å²) in [6, 6.07) is 22.8. The van der Waals surface area contributed by atoms with E-state index in [0.717, 1.165) is 39.7 Å². The maximum Gasteiger partial charge on any atom is 0.261 e. The summed E-state index contributed by atoms with van der Waals surface area (Å²) in [5.74, 6) is 0.152. The summed E-state index contributed by atoms with van der Waals surface area (Å²) in [4.78, 5) is 42.8. The highest BCUT2D eigenvalue weighted by atomic mass is 79.9. The summed E-state index contributed by atoms with van der Waals surface area (Å²) in [5, 5.41) is 7.49. The molecule has 3 heterocycles. The number of benzene rings is 3. The Morgan fingerprint density at radius 1 is 1.00 bits per heavy atom. The molecule has 44 heavy (non-hydrogen) atoms. The molecular formula is C35H32BrN5O3. The molecule has 0 radical (unpaired) electrons. The topological polar surface area (TPSA) is 88.7 Å². The first-order valence-corrected chi connectivity index (χ1v) is 15.7. The number of fused-ring (bicyclic) bond motifs is 3. The van der Waals surface area contributed by atoms with Crippen LogP contribution in [0.5, 0.6) is 0 Å². The third kappa shape index (κ3) is 4.95. The fourth-order valence-electron chi connectivity index (χ4n) is 6.41. The number of amides is 2. The number of rotatable bonds is 6. The zero-order valence-electron chi connectivity index (χ0n) is 24.6. The highest BCUT2D eigenvalue weighted by Gasteiger charge is 2.42. The molecule has 0 spiro atoms. The number of carbonyl (C=O) groups is 2. The van der Waals surface area contributed by atoms with Gasteiger partial charge >= 0.3 is 0 Å². The summed E-state index contributed by atoms with van der Waals surface area (Å²) in [7, 11) is 1.60. The van der Waals surface area contributed by atoms with Gasteiger partial charge in [-0.3, -0.25) is 19.0 Å². The summed E-state index contributed by atoms with van der Waals surface area (Å²) in [6.45, 7) is 2.29. The molecule has 5 aromatic rings. The summed E-state index contributed by atoms with van der Waals surface area (Å²) < 4.78 is 4.56. The largest absolute Gasteiger partial charge is 0.355 e. The number of hydrogen-bond acceptors (Lipinski definition) is 4. The molecule has 1 aliphatic carbocycles. The highest BCUT2D eigenvalue weighted by molar-refractivity contribution is 9.10. The zero-order chi connectivity index (χ0) is 30.5. The van der Waals surface area contributed by atoms with Gasteiger partial charge in [0.1, 0.15) is 5.65 Å².